The van der Waals surface area contributed by atoms with Crippen molar-refractivity contribution in [2.24, 2.45) is 21.6 Å². The molecule has 1 unspecified atom stereocenters. The van der Waals surface area contributed by atoms with Gasteiger partial charge in [0.15, 0.2) is 0 Å². The van der Waals surface area contributed by atoms with Crippen molar-refractivity contribution in [3.8, 4) is 0 Å². The Morgan fingerprint density at radius 2 is 2.05 bits per heavy atom. The number of amides is 2. The minimum atomic E-state index is -0.879. The average molecular weight is 563 g/mol. The van der Waals surface area contributed by atoms with E-state index in [1.54, 1.807) is 25.1 Å². The molecule has 1 aliphatic carbocycles. The predicted octanol–water partition coefficient (Wildman–Crippen LogP) is 3.59. The molecule has 2 aliphatic rings. The maximum Gasteiger partial charge on any atom is 0.316 e. The fourth-order valence-electron chi connectivity index (χ4n) is 4.44. The number of rotatable bonds is 9. The topological polar surface area (TPSA) is 153 Å². The molecule has 1 fully saturated rings. The van der Waals surface area contributed by atoms with Crippen molar-refractivity contribution >= 4 is 35.4 Å². The van der Waals surface area contributed by atoms with E-state index in [0.717, 1.165) is 25.7 Å². The molecule has 8 N–H and O–H groups in total. The molecule has 214 valence electrons. The number of amidine groups is 1. The minimum Gasteiger partial charge on any atom is -0.390 e. The summed E-state index contributed by atoms with van der Waals surface area (Å²) in [7, 11) is 0. The van der Waals surface area contributed by atoms with Crippen LogP contribution in [0.25, 0.3) is 0 Å². The predicted molar refractivity (Wildman–Crippen MR) is 154 cm³/mol. The van der Waals surface area contributed by atoms with Gasteiger partial charge in [-0.2, -0.15) is 5.10 Å². The molecule has 1 aromatic rings. The van der Waals surface area contributed by atoms with Crippen LogP contribution in [-0.4, -0.2) is 58.6 Å². The number of carbonyl (C=O) groups excluding carboxylic acids is 1. The van der Waals surface area contributed by atoms with Gasteiger partial charge in [0.25, 0.3) is 0 Å². The van der Waals surface area contributed by atoms with Crippen LogP contribution in [0.3, 0.4) is 0 Å². The molecule has 0 spiro atoms. The lowest BCUT2D eigenvalue weighted by molar-refractivity contribution is 0.0718. The zero-order valence-electron chi connectivity index (χ0n) is 23.0. The fourth-order valence-corrected chi connectivity index (χ4v) is 4.60. The van der Waals surface area contributed by atoms with Gasteiger partial charge in [0.2, 0.25) is 0 Å². The monoisotopic (exact) mass is 562 g/mol. The second-order valence-electron chi connectivity index (χ2n) is 10.5. The molecule has 1 saturated carbocycles. The SMILES string of the molecule is C/C=C1C(N[C@H]2CC[C@H](N)CC2)=C(/C(N)=N/c2cc(F)ccc2Cl)C=NN/1C(C)NC(=O)NCCC(C)(C)O. The van der Waals surface area contributed by atoms with Crippen molar-refractivity contribution in [2.45, 2.75) is 83.6 Å². The van der Waals surface area contributed by atoms with Gasteiger partial charge >= 0.3 is 6.03 Å². The van der Waals surface area contributed by atoms with Gasteiger partial charge < -0.3 is 32.5 Å². The number of aliphatic imine (C=N–C) groups is 1. The molecular weight excluding hydrogens is 523 g/mol. The van der Waals surface area contributed by atoms with Crippen molar-refractivity contribution in [3.63, 3.8) is 0 Å². The van der Waals surface area contributed by atoms with Crippen LogP contribution in [0.15, 0.2) is 51.3 Å². The van der Waals surface area contributed by atoms with Crippen LogP contribution in [0, 0.1) is 5.82 Å². The van der Waals surface area contributed by atoms with E-state index in [9.17, 15) is 14.3 Å². The van der Waals surface area contributed by atoms with E-state index in [-0.39, 0.29) is 34.7 Å². The molecule has 1 aliphatic heterocycles. The summed E-state index contributed by atoms with van der Waals surface area (Å²) in [5.41, 5.74) is 13.8. The van der Waals surface area contributed by atoms with E-state index >= 15 is 0 Å². The van der Waals surface area contributed by atoms with Crippen molar-refractivity contribution in [2.75, 3.05) is 6.54 Å². The van der Waals surface area contributed by atoms with Crippen LogP contribution in [0.2, 0.25) is 5.02 Å². The smallest absolute Gasteiger partial charge is 0.316 e. The number of allylic oxidation sites excluding steroid dienone is 1. The molecule has 10 nitrogen and oxygen atoms in total. The molecular formula is C27H40ClFN8O2. The second-order valence-corrected chi connectivity index (χ2v) is 10.9. The third-order valence-corrected chi connectivity index (χ3v) is 6.95. The second kappa shape index (κ2) is 13.3. The van der Waals surface area contributed by atoms with Crippen molar-refractivity contribution < 1.29 is 14.3 Å². The summed E-state index contributed by atoms with van der Waals surface area (Å²) in [6.07, 6.45) is 6.90. The Balaban J connectivity index is 1.88. The Labute approximate surface area is 234 Å². The van der Waals surface area contributed by atoms with Gasteiger partial charge in [-0.05, 0) is 71.9 Å². The van der Waals surface area contributed by atoms with E-state index < -0.39 is 17.6 Å². The lowest BCUT2D eigenvalue weighted by atomic mass is 9.91. The van der Waals surface area contributed by atoms with Crippen molar-refractivity contribution in [1.82, 2.24) is 21.0 Å². The highest BCUT2D eigenvalue weighted by atomic mass is 35.5. The molecule has 0 bridgehead atoms. The van der Waals surface area contributed by atoms with Gasteiger partial charge in [-0.1, -0.05) is 17.7 Å². The molecule has 0 aromatic heterocycles. The highest BCUT2D eigenvalue weighted by molar-refractivity contribution is 6.33. The van der Waals surface area contributed by atoms with Crippen molar-refractivity contribution in [3.05, 3.63) is 52.1 Å². The largest absolute Gasteiger partial charge is 0.390 e. The number of hydrogen-bond acceptors (Lipinski definition) is 7. The number of halogens is 2. The first-order valence-electron chi connectivity index (χ1n) is 13.2. The zero-order chi connectivity index (χ0) is 28.7. The lowest BCUT2D eigenvalue weighted by Crippen LogP contribution is -2.50. The lowest BCUT2D eigenvalue weighted by Gasteiger charge is -2.36. The quantitative estimate of drug-likeness (QED) is 0.200. The summed E-state index contributed by atoms with van der Waals surface area (Å²) < 4.78 is 13.9. The number of nitrogens with two attached hydrogens (primary N) is 2. The van der Waals surface area contributed by atoms with Gasteiger partial charge in [-0.25, -0.2) is 19.2 Å². The molecule has 0 radical (unpaired) electrons. The Kier molecular flexibility index (Phi) is 10.3. The molecule has 12 heteroatoms. The number of carbonyl (C=O) groups is 1. The van der Waals surface area contributed by atoms with E-state index in [1.807, 2.05) is 19.9 Å². The van der Waals surface area contributed by atoms with E-state index in [2.05, 4.69) is 26.0 Å². The summed E-state index contributed by atoms with van der Waals surface area (Å²) in [5, 5.41) is 25.6. The third-order valence-electron chi connectivity index (χ3n) is 6.63. The maximum atomic E-state index is 13.9. The fraction of sp³-hybridized carbons (Fsp3) is 0.519. The van der Waals surface area contributed by atoms with Crippen LogP contribution in [0.1, 0.15) is 59.8 Å². The number of nitrogens with one attached hydrogen (secondary N) is 3. The number of hydrazone groups is 1. The van der Waals surface area contributed by atoms with Gasteiger partial charge in [0.05, 0.1) is 39.5 Å². The van der Waals surface area contributed by atoms with Crippen molar-refractivity contribution in [1.29, 1.82) is 0 Å². The first-order chi connectivity index (χ1) is 18.4. The maximum absolute atomic E-state index is 13.9. The number of benzene rings is 1. The van der Waals surface area contributed by atoms with E-state index in [4.69, 9.17) is 23.1 Å². The van der Waals surface area contributed by atoms with Gasteiger partial charge in [0, 0.05) is 24.7 Å². The molecule has 1 atom stereocenters. The summed E-state index contributed by atoms with van der Waals surface area (Å²) in [6, 6.07) is 3.85. The standard InChI is InChI=1S/C27H40ClFN8O2/c1-5-23-24(35-19-9-7-18(30)8-10-19)20(25(31)36-22-14-17(29)6-11-21(22)28)15-33-37(23)16(2)34-26(38)32-13-12-27(3,4)39/h5-6,11,14-16,18-19,35,39H,7-10,12-13,30H2,1-4H3,(H2,31,36)(H2,32,34,38)/b23-5-/t16?,18-,19-. The number of aliphatic hydroxyl groups is 1. The Morgan fingerprint density at radius 1 is 1.36 bits per heavy atom. The zero-order valence-corrected chi connectivity index (χ0v) is 23.7. The third kappa shape index (κ3) is 8.67. The average Bonchev–Trinajstić information content (AvgIpc) is 2.86. The number of hydrogen-bond donors (Lipinski definition) is 6. The van der Waals surface area contributed by atoms with Crippen LogP contribution in [-0.2, 0) is 0 Å². The Hall–Kier alpha value is -3.15. The van der Waals surface area contributed by atoms with Crippen LogP contribution >= 0.6 is 11.6 Å². The molecule has 39 heavy (non-hydrogen) atoms. The highest BCUT2D eigenvalue weighted by Gasteiger charge is 2.30. The van der Waals surface area contributed by atoms with E-state index in [1.165, 1.54) is 18.2 Å². The molecule has 1 heterocycles. The molecule has 2 amide bonds. The summed E-state index contributed by atoms with van der Waals surface area (Å²) >= 11 is 6.23. The summed E-state index contributed by atoms with van der Waals surface area (Å²) in [6.45, 7) is 7.37. The molecule has 0 saturated heterocycles. The summed E-state index contributed by atoms with van der Waals surface area (Å²) in [5.74, 6) is -0.361. The Morgan fingerprint density at radius 3 is 2.69 bits per heavy atom. The minimum absolute atomic E-state index is 0.116. The first kappa shape index (κ1) is 30.4. The Bertz CT molecular complexity index is 1150. The summed E-state index contributed by atoms with van der Waals surface area (Å²) in [4.78, 5) is 16.9. The van der Waals surface area contributed by atoms with Gasteiger partial charge in [-0.15, -0.1) is 0 Å². The normalized spacial score (nSPS) is 22.2. The number of urea groups is 1. The van der Waals surface area contributed by atoms with E-state index in [0.29, 0.717) is 29.9 Å². The molecule has 3 rings (SSSR count). The van der Waals surface area contributed by atoms with Crippen LogP contribution < -0.4 is 27.4 Å². The highest BCUT2D eigenvalue weighted by Crippen LogP contribution is 2.29. The first-order valence-corrected chi connectivity index (χ1v) is 13.6. The molecule has 1 aromatic carbocycles. The van der Waals surface area contributed by atoms with Crippen LogP contribution in [0.5, 0.6) is 0 Å². The van der Waals surface area contributed by atoms with Crippen LogP contribution in [0.4, 0.5) is 14.9 Å². The van der Waals surface area contributed by atoms with Gasteiger partial charge in [-0.3, -0.25) is 0 Å². The number of nitrogens with zero attached hydrogens (tertiary/aromatic N) is 3. The van der Waals surface area contributed by atoms with Gasteiger partial charge in [0.1, 0.15) is 17.8 Å².